The number of carbonyl (C=O) groups excluding carboxylic acids is 1. The van der Waals surface area contributed by atoms with Gasteiger partial charge in [0.25, 0.3) is 5.69 Å². The first kappa shape index (κ1) is 10.9. The zero-order valence-corrected chi connectivity index (χ0v) is 8.77. The summed E-state index contributed by atoms with van der Waals surface area (Å²) >= 11 is 0. The Morgan fingerprint density at radius 2 is 2.12 bits per heavy atom. The van der Waals surface area contributed by atoms with Crippen molar-refractivity contribution in [3.63, 3.8) is 0 Å². The second-order valence-electron chi connectivity index (χ2n) is 3.55. The Morgan fingerprint density at radius 3 is 2.71 bits per heavy atom. The molecule has 86 valence electrons. The van der Waals surface area contributed by atoms with Crippen LogP contribution in [0.25, 0.3) is 16.5 Å². The number of H-pyrrole nitrogens is 1. The van der Waals surface area contributed by atoms with Crippen LogP contribution in [-0.2, 0) is 4.79 Å². The van der Waals surface area contributed by atoms with Gasteiger partial charge in [0.15, 0.2) is 0 Å². The van der Waals surface area contributed by atoms with Gasteiger partial charge in [0.2, 0.25) is 5.91 Å². The fraction of sp³-hybridized carbons (Fsp3) is 0. The first-order chi connectivity index (χ1) is 7.99. The number of hydrogen-bond acceptors (Lipinski definition) is 3. The molecule has 0 spiro atoms. The van der Waals surface area contributed by atoms with Crippen LogP contribution < -0.4 is 5.73 Å². The molecule has 6 heteroatoms. The number of amides is 1. The Morgan fingerprint density at radius 1 is 1.41 bits per heavy atom. The topological polar surface area (TPSA) is 102 Å². The smallest absolute Gasteiger partial charge is 0.270 e. The van der Waals surface area contributed by atoms with Crippen molar-refractivity contribution in [1.29, 1.82) is 0 Å². The van der Waals surface area contributed by atoms with E-state index in [1.165, 1.54) is 12.1 Å². The molecule has 0 aliphatic carbocycles. The first-order valence-corrected chi connectivity index (χ1v) is 4.75. The number of benzene rings is 1. The number of fused-ring (bicyclic) bond motifs is 1. The van der Waals surface area contributed by atoms with Crippen LogP contribution in [0.15, 0.2) is 30.8 Å². The minimum absolute atomic E-state index is 0.00672. The number of nitro groups is 1. The van der Waals surface area contributed by atoms with E-state index in [-0.39, 0.29) is 11.3 Å². The van der Waals surface area contributed by atoms with Crippen LogP contribution in [0, 0.1) is 10.1 Å². The Kier molecular flexibility index (Phi) is 2.40. The minimum atomic E-state index is -0.633. The molecule has 0 unspecified atom stereocenters. The van der Waals surface area contributed by atoms with Crippen molar-refractivity contribution in [2.75, 3.05) is 0 Å². The molecule has 6 nitrogen and oxygen atoms in total. The molecule has 0 saturated heterocycles. The molecule has 2 aromatic rings. The average Bonchev–Trinajstić information content (AvgIpc) is 2.69. The van der Waals surface area contributed by atoms with E-state index in [1.54, 1.807) is 12.1 Å². The van der Waals surface area contributed by atoms with Crippen LogP contribution >= 0.6 is 0 Å². The van der Waals surface area contributed by atoms with Crippen molar-refractivity contribution in [3.05, 3.63) is 46.7 Å². The van der Waals surface area contributed by atoms with Gasteiger partial charge in [-0.3, -0.25) is 14.9 Å². The normalized spacial score (nSPS) is 10.4. The zero-order chi connectivity index (χ0) is 12.6. The van der Waals surface area contributed by atoms with Crippen LogP contribution in [0.2, 0.25) is 0 Å². The number of nitrogens with one attached hydrogen (secondary N) is 1. The lowest BCUT2D eigenvalue weighted by atomic mass is 10.2. The van der Waals surface area contributed by atoms with Crippen LogP contribution in [0.3, 0.4) is 0 Å². The standard InChI is InChI=1S/C11H9N3O3/c1-6(11(12)15)10-5-7-4-8(14(16)17)2-3-9(7)13-10/h2-5,13H,1H2,(H2,12,15). The molecule has 3 N–H and O–H groups in total. The minimum Gasteiger partial charge on any atom is -0.366 e. The number of aromatic amines is 1. The fourth-order valence-electron chi connectivity index (χ4n) is 1.53. The van der Waals surface area contributed by atoms with Gasteiger partial charge >= 0.3 is 0 Å². The van der Waals surface area contributed by atoms with E-state index in [0.717, 1.165) is 0 Å². The number of primary amides is 1. The molecular weight excluding hydrogens is 222 g/mol. The molecule has 1 aromatic carbocycles. The van der Waals surface area contributed by atoms with Crippen LogP contribution in [0.5, 0.6) is 0 Å². The number of nitrogens with zero attached hydrogens (tertiary/aromatic N) is 1. The molecule has 0 saturated carbocycles. The Bertz CT molecular complexity index is 642. The van der Waals surface area contributed by atoms with Gasteiger partial charge < -0.3 is 10.7 Å². The molecule has 0 aliphatic heterocycles. The van der Waals surface area contributed by atoms with Gasteiger partial charge in [-0.25, -0.2) is 0 Å². The molecule has 2 rings (SSSR count). The van der Waals surface area contributed by atoms with E-state index in [0.29, 0.717) is 16.6 Å². The van der Waals surface area contributed by atoms with Crippen molar-refractivity contribution < 1.29 is 9.72 Å². The largest absolute Gasteiger partial charge is 0.366 e. The highest BCUT2D eigenvalue weighted by Gasteiger charge is 2.11. The zero-order valence-electron chi connectivity index (χ0n) is 8.77. The van der Waals surface area contributed by atoms with E-state index in [4.69, 9.17) is 5.73 Å². The van der Waals surface area contributed by atoms with Gasteiger partial charge in [-0.1, -0.05) is 6.58 Å². The summed E-state index contributed by atoms with van der Waals surface area (Å²) in [5.41, 5.74) is 6.39. The van der Waals surface area contributed by atoms with Crippen LogP contribution in [0.1, 0.15) is 5.69 Å². The molecule has 0 aliphatic rings. The summed E-state index contributed by atoms with van der Waals surface area (Å²) in [6.07, 6.45) is 0. The molecule has 1 aromatic heterocycles. The second-order valence-corrected chi connectivity index (χ2v) is 3.55. The van der Waals surface area contributed by atoms with Gasteiger partial charge in [0, 0.05) is 23.0 Å². The van der Waals surface area contributed by atoms with Crippen molar-refractivity contribution in [2.45, 2.75) is 0 Å². The van der Waals surface area contributed by atoms with Gasteiger partial charge in [0.1, 0.15) is 0 Å². The fourth-order valence-corrected chi connectivity index (χ4v) is 1.53. The Hall–Kier alpha value is -2.63. The lowest BCUT2D eigenvalue weighted by Gasteiger charge is -1.94. The highest BCUT2D eigenvalue weighted by atomic mass is 16.6. The number of rotatable bonds is 3. The van der Waals surface area contributed by atoms with E-state index in [1.807, 2.05) is 0 Å². The average molecular weight is 231 g/mol. The highest BCUT2D eigenvalue weighted by molar-refractivity contribution is 6.18. The van der Waals surface area contributed by atoms with Crippen molar-refractivity contribution in [1.82, 2.24) is 4.98 Å². The molecule has 17 heavy (non-hydrogen) atoms. The molecule has 0 radical (unpaired) electrons. The first-order valence-electron chi connectivity index (χ1n) is 4.75. The molecule has 0 bridgehead atoms. The van der Waals surface area contributed by atoms with Crippen LogP contribution in [-0.4, -0.2) is 15.8 Å². The summed E-state index contributed by atoms with van der Waals surface area (Å²) in [5.74, 6) is -0.633. The lowest BCUT2D eigenvalue weighted by molar-refractivity contribution is -0.384. The van der Waals surface area contributed by atoms with E-state index in [2.05, 4.69) is 11.6 Å². The summed E-state index contributed by atoms with van der Waals surface area (Å²) in [6, 6.07) is 5.99. The summed E-state index contributed by atoms with van der Waals surface area (Å²) in [4.78, 5) is 24.0. The van der Waals surface area contributed by atoms with E-state index in [9.17, 15) is 14.9 Å². The number of aromatic nitrogens is 1. The van der Waals surface area contributed by atoms with E-state index < -0.39 is 10.8 Å². The predicted molar refractivity (Wildman–Crippen MR) is 63.2 cm³/mol. The molecule has 1 heterocycles. The predicted octanol–water partition coefficient (Wildman–Crippen LogP) is 1.57. The van der Waals surface area contributed by atoms with Crippen LogP contribution in [0.4, 0.5) is 5.69 Å². The van der Waals surface area contributed by atoms with E-state index >= 15 is 0 Å². The Labute approximate surface area is 95.9 Å². The number of carbonyl (C=O) groups is 1. The van der Waals surface area contributed by atoms with Crippen molar-refractivity contribution >= 4 is 28.1 Å². The molecule has 0 atom stereocenters. The van der Waals surface area contributed by atoms with Gasteiger partial charge in [-0.15, -0.1) is 0 Å². The summed E-state index contributed by atoms with van der Waals surface area (Å²) in [6.45, 7) is 3.54. The number of nitrogens with two attached hydrogens (primary N) is 1. The second kappa shape index (κ2) is 3.75. The third-order valence-corrected chi connectivity index (χ3v) is 2.44. The maximum Gasteiger partial charge on any atom is 0.270 e. The maximum atomic E-state index is 10.9. The Balaban J connectivity index is 2.54. The lowest BCUT2D eigenvalue weighted by Crippen LogP contribution is -2.11. The van der Waals surface area contributed by atoms with Gasteiger partial charge in [-0.2, -0.15) is 0 Å². The highest BCUT2D eigenvalue weighted by Crippen LogP contribution is 2.23. The summed E-state index contributed by atoms with van der Waals surface area (Å²) < 4.78 is 0. The monoisotopic (exact) mass is 231 g/mol. The third kappa shape index (κ3) is 1.87. The third-order valence-electron chi connectivity index (χ3n) is 2.44. The van der Waals surface area contributed by atoms with Crippen molar-refractivity contribution in [2.24, 2.45) is 5.73 Å². The van der Waals surface area contributed by atoms with Gasteiger partial charge in [-0.05, 0) is 12.1 Å². The van der Waals surface area contributed by atoms with Crippen molar-refractivity contribution in [3.8, 4) is 0 Å². The number of nitro benzene ring substituents is 1. The molecule has 1 amide bonds. The quantitative estimate of drug-likeness (QED) is 0.476. The molecule has 0 fully saturated rings. The van der Waals surface area contributed by atoms with Gasteiger partial charge in [0.05, 0.1) is 16.2 Å². The summed E-state index contributed by atoms with van der Waals surface area (Å²) in [5, 5.41) is 11.2. The number of non-ortho nitro benzene ring substituents is 1. The SMILES string of the molecule is C=C(C(N)=O)c1cc2cc([N+](=O)[O-])ccc2[nH]1. The summed E-state index contributed by atoms with van der Waals surface area (Å²) in [7, 11) is 0. The molecular formula is C11H9N3O3. The number of hydrogen-bond donors (Lipinski definition) is 2. The maximum absolute atomic E-state index is 10.9.